The Hall–Kier alpha value is 0.137. The van der Waals surface area contributed by atoms with Crippen molar-refractivity contribution in [2.45, 2.75) is 102 Å². The average molecular weight is 341 g/mol. The van der Waals surface area contributed by atoms with E-state index >= 15 is 0 Å². The molecule has 0 aromatic heterocycles. The second kappa shape index (κ2) is 6.46. The number of methoxy groups -OCH3 is 1. The summed E-state index contributed by atoms with van der Waals surface area (Å²) in [6.07, 6.45) is 4.58. The molecule has 0 bridgehead atoms. The van der Waals surface area contributed by atoms with Crippen molar-refractivity contribution < 1.29 is 9.47 Å². The number of hydrogen-bond acceptors (Lipinski definition) is 2. The van der Waals surface area contributed by atoms with Gasteiger partial charge in [0.15, 0.2) is 0 Å². The number of rotatable bonds is 5. The molecule has 1 aliphatic heterocycles. The van der Waals surface area contributed by atoms with Crippen molar-refractivity contribution in [2.75, 3.05) is 13.9 Å². The summed E-state index contributed by atoms with van der Waals surface area (Å²) < 4.78 is 11.4. The molecule has 0 spiro atoms. The molecule has 23 heavy (non-hydrogen) atoms. The van der Waals surface area contributed by atoms with Gasteiger partial charge in [0, 0.05) is 7.11 Å². The van der Waals surface area contributed by atoms with Crippen molar-refractivity contribution in [3.8, 4) is 0 Å². The van der Waals surface area contributed by atoms with Crippen LogP contribution >= 0.6 is 0 Å². The molecule has 1 aliphatic carbocycles. The van der Waals surface area contributed by atoms with Gasteiger partial charge >= 0.3 is 0 Å². The number of fused-ring (bicyclic) bond motifs is 1. The molecule has 2 rings (SSSR count). The Labute approximate surface area is 145 Å². The fourth-order valence-corrected chi connectivity index (χ4v) is 16.9. The van der Waals surface area contributed by atoms with Crippen LogP contribution in [0.1, 0.15) is 74.7 Å². The molecule has 2 aliphatic rings. The smallest absolute Gasteiger partial charge is 0.146 e. The molecule has 2 nitrogen and oxygen atoms in total. The molecule has 0 N–H and O–H groups in total. The Kier molecular flexibility index (Phi) is 5.46. The highest BCUT2D eigenvalue weighted by Crippen LogP contribution is 2.83. The van der Waals surface area contributed by atoms with Gasteiger partial charge in [-0.1, -0.05) is 68.2 Å². The quantitative estimate of drug-likeness (QED) is 0.436. The average Bonchev–Trinajstić information content (AvgIpc) is 3.09. The van der Waals surface area contributed by atoms with Crippen LogP contribution in [0.4, 0.5) is 0 Å². The number of hydrogen-bond donors (Lipinski definition) is 0. The van der Waals surface area contributed by atoms with Crippen molar-refractivity contribution in [2.24, 2.45) is 11.8 Å². The predicted octanol–water partition coefficient (Wildman–Crippen LogP) is 6.23. The minimum Gasteiger partial charge on any atom is -0.359 e. The first kappa shape index (κ1) is 19.5. The maximum atomic E-state index is 6.21. The van der Waals surface area contributed by atoms with E-state index in [1.807, 2.05) is 0 Å². The zero-order valence-electron chi connectivity index (χ0n) is 17.0. The lowest BCUT2D eigenvalue weighted by Gasteiger charge is -2.43. The monoisotopic (exact) mass is 340 g/mol. The zero-order chi connectivity index (χ0) is 17.6. The van der Waals surface area contributed by atoms with Crippen LogP contribution in [0.5, 0.6) is 0 Å². The Bertz CT molecular complexity index is 391. The summed E-state index contributed by atoms with van der Waals surface area (Å²) in [5.74, 6) is 1.31. The lowest BCUT2D eigenvalue weighted by atomic mass is 9.81. The van der Waals surface area contributed by atoms with Crippen LogP contribution in [0, 0.1) is 11.8 Å². The molecule has 2 fully saturated rings. The van der Waals surface area contributed by atoms with Crippen molar-refractivity contribution in [3.63, 3.8) is 0 Å². The van der Waals surface area contributed by atoms with E-state index in [-0.39, 0.29) is 0 Å². The van der Waals surface area contributed by atoms with Crippen molar-refractivity contribution >= 4 is 8.07 Å². The highest BCUT2D eigenvalue weighted by molar-refractivity contribution is 6.97. The Morgan fingerprint density at radius 3 is 2.00 bits per heavy atom. The molecule has 0 amide bonds. The first-order chi connectivity index (χ1) is 10.5. The summed E-state index contributed by atoms with van der Waals surface area (Å²) >= 11 is 0. The van der Waals surface area contributed by atoms with E-state index in [2.05, 4.69) is 55.4 Å². The third-order valence-corrected chi connectivity index (χ3v) is 15.2. The van der Waals surface area contributed by atoms with Gasteiger partial charge < -0.3 is 9.47 Å². The van der Waals surface area contributed by atoms with Crippen LogP contribution in [0.2, 0.25) is 21.2 Å². The van der Waals surface area contributed by atoms with Crippen LogP contribution in [0.25, 0.3) is 0 Å². The van der Waals surface area contributed by atoms with Gasteiger partial charge in [0.25, 0.3) is 0 Å². The van der Waals surface area contributed by atoms with Crippen molar-refractivity contribution in [1.29, 1.82) is 0 Å². The standard InChI is InChI=1S/C20H40O2Si/c1-14(2)17(22-13-21-9)15-11-10-12-16-18(15)23(16,19(3,4)5)20(6,7)8/h14-18H,10-13H2,1-9H3/t15-,16+,17+,18-/m1/s1. The summed E-state index contributed by atoms with van der Waals surface area (Å²) in [4.78, 5) is 0. The van der Waals surface area contributed by atoms with Gasteiger partial charge in [0.05, 0.1) is 14.2 Å². The minimum absolute atomic E-state index is 0.363. The summed E-state index contributed by atoms with van der Waals surface area (Å²) in [5, 5.41) is 0.956. The highest BCUT2D eigenvalue weighted by Gasteiger charge is 2.78. The maximum Gasteiger partial charge on any atom is 0.146 e. The van der Waals surface area contributed by atoms with Crippen LogP contribution in [-0.4, -0.2) is 28.1 Å². The third-order valence-electron chi connectivity index (χ3n) is 6.89. The van der Waals surface area contributed by atoms with E-state index in [0.29, 0.717) is 28.9 Å². The summed E-state index contributed by atoms with van der Waals surface area (Å²) in [5.41, 5.74) is 1.95. The molecule has 0 aromatic carbocycles. The zero-order valence-corrected chi connectivity index (χ0v) is 18.0. The molecule has 1 heterocycles. The maximum absolute atomic E-state index is 6.21. The first-order valence-electron chi connectivity index (χ1n) is 9.60. The van der Waals surface area contributed by atoms with Gasteiger partial charge in [-0.3, -0.25) is 0 Å². The predicted molar refractivity (Wildman–Crippen MR) is 102 cm³/mol. The molecule has 3 heteroatoms. The Morgan fingerprint density at radius 2 is 1.57 bits per heavy atom. The lowest BCUT2D eigenvalue weighted by Crippen LogP contribution is -2.42. The highest BCUT2D eigenvalue weighted by atomic mass is 28.3. The molecule has 4 atom stereocenters. The first-order valence-corrected chi connectivity index (χ1v) is 11.8. The molecule has 136 valence electrons. The fourth-order valence-electron chi connectivity index (χ4n) is 6.85. The molecule has 1 saturated heterocycles. The number of ether oxygens (including phenoxy) is 2. The van der Waals surface area contributed by atoms with E-state index in [1.165, 1.54) is 19.3 Å². The van der Waals surface area contributed by atoms with E-state index < -0.39 is 8.07 Å². The topological polar surface area (TPSA) is 18.5 Å². The second-order valence-corrected chi connectivity index (χ2v) is 16.5. The van der Waals surface area contributed by atoms with E-state index in [9.17, 15) is 0 Å². The summed E-state index contributed by atoms with van der Waals surface area (Å²) in [7, 11) is 0.353. The van der Waals surface area contributed by atoms with Crippen LogP contribution in [0.3, 0.4) is 0 Å². The van der Waals surface area contributed by atoms with Gasteiger partial charge in [-0.05, 0) is 39.4 Å². The molecule has 0 aromatic rings. The normalized spacial score (nSPS) is 31.8. The van der Waals surface area contributed by atoms with E-state index in [1.54, 1.807) is 7.11 Å². The van der Waals surface area contributed by atoms with Gasteiger partial charge in [-0.2, -0.15) is 0 Å². The minimum atomic E-state index is -1.38. The molecular weight excluding hydrogens is 300 g/mol. The largest absolute Gasteiger partial charge is 0.359 e. The van der Waals surface area contributed by atoms with E-state index in [0.717, 1.165) is 17.0 Å². The SMILES string of the molecule is COCO[C@@H](C(C)C)[C@H]1CCC[C@H]2[C@@H]1[Si]2(C(C)(C)C)C(C)(C)C. The van der Waals surface area contributed by atoms with Gasteiger partial charge in [0.2, 0.25) is 0 Å². The van der Waals surface area contributed by atoms with Crippen LogP contribution < -0.4 is 0 Å². The summed E-state index contributed by atoms with van der Waals surface area (Å²) in [6.45, 7) is 20.3. The van der Waals surface area contributed by atoms with Crippen LogP contribution in [0.15, 0.2) is 0 Å². The van der Waals surface area contributed by atoms with Crippen molar-refractivity contribution in [3.05, 3.63) is 0 Å². The Balaban J connectivity index is 2.34. The lowest BCUT2D eigenvalue weighted by molar-refractivity contribution is -0.110. The van der Waals surface area contributed by atoms with Gasteiger partial charge in [0.1, 0.15) is 6.79 Å². The Morgan fingerprint density at radius 1 is 1.00 bits per heavy atom. The van der Waals surface area contributed by atoms with Gasteiger partial charge in [-0.25, -0.2) is 0 Å². The molecule has 1 saturated carbocycles. The van der Waals surface area contributed by atoms with Gasteiger partial charge in [-0.15, -0.1) is 0 Å². The second-order valence-electron chi connectivity index (χ2n) is 10.4. The summed E-state index contributed by atoms with van der Waals surface area (Å²) in [6, 6.07) is 0. The fraction of sp³-hybridized carbons (Fsp3) is 1.00. The molecule has 0 radical (unpaired) electrons. The molecule has 0 unspecified atom stereocenters. The van der Waals surface area contributed by atoms with Crippen LogP contribution in [-0.2, 0) is 9.47 Å². The third kappa shape index (κ3) is 3.06. The van der Waals surface area contributed by atoms with E-state index in [4.69, 9.17) is 9.47 Å². The van der Waals surface area contributed by atoms with Crippen molar-refractivity contribution in [1.82, 2.24) is 0 Å². The molecular formula is C20H40O2Si.